The molecule has 0 heterocycles. The summed E-state index contributed by atoms with van der Waals surface area (Å²) >= 11 is 0. The Morgan fingerprint density at radius 2 is 2.08 bits per heavy atom. The summed E-state index contributed by atoms with van der Waals surface area (Å²) in [7, 11) is 1.64. The third kappa shape index (κ3) is 7.74. The molecule has 0 bridgehead atoms. The van der Waals surface area contributed by atoms with Gasteiger partial charge in [0.1, 0.15) is 0 Å². The minimum atomic E-state index is -0.408. The molecule has 0 amide bonds. The zero-order chi connectivity index (χ0) is 10.1. The van der Waals surface area contributed by atoms with Crippen molar-refractivity contribution < 1.29 is 19.0 Å². The smallest absolute Gasteiger partial charge is 0.304 e. The summed E-state index contributed by atoms with van der Waals surface area (Å²) in [5.41, 5.74) is 0. The van der Waals surface area contributed by atoms with E-state index in [1.165, 1.54) is 6.92 Å². The summed E-state index contributed by atoms with van der Waals surface area (Å²) in [5, 5.41) is 0. The van der Waals surface area contributed by atoms with Gasteiger partial charge >= 0.3 is 5.97 Å². The predicted molar refractivity (Wildman–Crippen MR) is 48.3 cm³/mol. The van der Waals surface area contributed by atoms with Gasteiger partial charge in [-0.25, -0.2) is 0 Å². The number of ether oxygens (including phenoxy) is 3. The Balaban J connectivity index is 3.42. The highest BCUT2D eigenvalue weighted by Gasteiger charge is 2.08. The molecule has 0 aliphatic heterocycles. The molecule has 0 aromatic carbocycles. The van der Waals surface area contributed by atoms with Crippen LogP contribution in [0.4, 0.5) is 0 Å². The van der Waals surface area contributed by atoms with Crippen LogP contribution < -0.4 is 0 Å². The summed E-state index contributed by atoms with van der Waals surface area (Å²) < 4.78 is 15.0. The Kier molecular flexibility index (Phi) is 7.63. The topological polar surface area (TPSA) is 44.8 Å². The van der Waals surface area contributed by atoms with Crippen molar-refractivity contribution in [3.05, 3.63) is 0 Å². The molecule has 0 saturated heterocycles. The van der Waals surface area contributed by atoms with Crippen molar-refractivity contribution in [3.8, 4) is 0 Å². The van der Waals surface area contributed by atoms with Gasteiger partial charge in [0.15, 0.2) is 0 Å². The van der Waals surface area contributed by atoms with Crippen LogP contribution in [0.1, 0.15) is 26.7 Å². The van der Waals surface area contributed by atoms with Gasteiger partial charge in [-0.15, -0.1) is 0 Å². The molecule has 0 rings (SSSR count). The third-order valence-corrected chi connectivity index (χ3v) is 1.43. The Bertz CT molecular complexity index is 136. The highest BCUT2D eigenvalue weighted by Crippen LogP contribution is 2.01. The first-order valence-electron chi connectivity index (χ1n) is 4.48. The average molecular weight is 190 g/mol. The number of rotatable bonds is 7. The van der Waals surface area contributed by atoms with E-state index in [2.05, 4.69) is 0 Å². The molecular weight excluding hydrogens is 172 g/mol. The Morgan fingerprint density at radius 1 is 1.38 bits per heavy atom. The normalized spacial score (nSPS) is 12.5. The van der Waals surface area contributed by atoms with Crippen molar-refractivity contribution in [1.29, 1.82) is 0 Å². The minimum Gasteiger partial charge on any atom is -0.436 e. The van der Waals surface area contributed by atoms with Gasteiger partial charge in [-0.05, 0) is 6.42 Å². The maximum Gasteiger partial charge on any atom is 0.304 e. The fourth-order valence-electron chi connectivity index (χ4n) is 0.838. The number of hydrogen-bond donors (Lipinski definition) is 0. The lowest BCUT2D eigenvalue weighted by atomic mass is 10.4. The van der Waals surface area contributed by atoms with Gasteiger partial charge in [-0.1, -0.05) is 6.92 Å². The van der Waals surface area contributed by atoms with Crippen molar-refractivity contribution >= 4 is 5.97 Å². The van der Waals surface area contributed by atoms with Crippen LogP contribution in [0.25, 0.3) is 0 Å². The lowest BCUT2D eigenvalue weighted by Crippen LogP contribution is -2.20. The van der Waals surface area contributed by atoms with E-state index in [0.29, 0.717) is 19.6 Å². The number of methoxy groups -OCH3 is 1. The average Bonchev–Trinajstić information content (AvgIpc) is 2.09. The summed E-state index contributed by atoms with van der Waals surface area (Å²) in [5.74, 6) is -0.307. The molecule has 0 aliphatic rings. The van der Waals surface area contributed by atoms with Gasteiger partial charge < -0.3 is 14.2 Å². The molecule has 13 heavy (non-hydrogen) atoms. The maximum absolute atomic E-state index is 10.6. The van der Waals surface area contributed by atoms with Gasteiger partial charge in [0.25, 0.3) is 0 Å². The molecule has 0 spiro atoms. The lowest BCUT2D eigenvalue weighted by Gasteiger charge is -2.15. The Morgan fingerprint density at radius 3 is 2.54 bits per heavy atom. The number of esters is 1. The van der Waals surface area contributed by atoms with Gasteiger partial charge in [0.2, 0.25) is 6.29 Å². The van der Waals surface area contributed by atoms with E-state index in [0.717, 1.165) is 6.42 Å². The van der Waals surface area contributed by atoms with E-state index in [1.807, 2.05) is 6.92 Å². The molecule has 0 N–H and O–H groups in total. The Labute approximate surface area is 79.2 Å². The van der Waals surface area contributed by atoms with Crippen molar-refractivity contribution in [2.45, 2.75) is 33.0 Å². The van der Waals surface area contributed by atoms with Crippen molar-refractivity contribution in [2.24, 2.45) is 0 Å². The molecule has 78 valence electrons. The first kappa shape index (κ1) is 12.4. The van der Waals surface area contributed by atoms with Gasteiger partial charge in [0, 0.05) is 27.1 Å². The molecule has 0 radical (unpaired) electrons. The summed E-state index contributed by atoms with van der Waals surface area (Å²) in [6.07, 6.45) is 1.08. The van der Waals surface area contributed by atoms with E-state index in [1.54, 1.807) is 7.11 Å². The van der Waals surface area contributed by atoms with Crippen LogP contribution in [-0.2, 0) is 19.0 Å². The summed E-state index contributed by atoms with van der Waals surface area (Å²) in [6.45, 7) is 4.50. The van der Waals surface area contributed by atoms with E-state index in [4.69, 9.17) is 14.2 Å². The van der Waals surface area contributed by atoms with Crippen LogP contribution in [0.15, 0.2) is 0 Å². The van der Waals surface area contributed by atoms with E-state index >= 15 is 0 Å². The zero-order valence-corrected chi connectivity index (χ0v) is 8.54. The quantitative estimate of drug-likeness (QED) is 0.345. The number of carbonyl (C=O) groups is 1. The van der Waals surface area contributed by atoms with Crippen LogP contribution in [0, 0.1) is 0 Å². The molecule has 1 atom stereocenters. The molecular formula is C9H18O4. The molecule has 0 aromatic heterocycles. The second kappa shape index (κ2) is 8.01. The van der Waals surface area contributed by atoms with Crippen molar-refractivity contribution in [3.63, 3.8) is 0 Å². The summed E-state index contributed by atoms with van der Waals surface area (Å²) in [4.78, 5) is 10.6. The SMILES string of the molecule is CCC(OCCCOC)OC(C)=O. The summed E-state index contributed by atoms with van der Waals surface area (Å²) in [6, 6.07) is 0. The van der Waals surface area contributed by atoms with Crippen LogP contribution in [-0.4, -0.2) is 32.6 Å². The van der Waals surface area contributed by atoms with Crippen LogP contribution in [0.2, 0.25) is 0 Å². The predicted octanol–water partition coefficient (Wildman–Crippen LogP) is 1.34. The molecule has 4 nitrogen and oxygen atoms in total. The molecule has 1 unspecified atom stereocenters. The van der Waals surface area contributed by atoms with E-state index < -0.39 is 6.29 Å². The number of hydrogen-bond acceptors (Lipinski definition) is 4. The fourth-order valence-corrected chi connectivity index (χ4v) is 0.838. The zero-order valence-electron chi connectivity index (χ0n) is 8.54. The molecule has 0 aromatic rings. The van der Waals surface area contributed by atoms with Gasteiger partial charge in [0.05, 0.1) is 6.61 Å². The maximum atomic E-state index is 10.6. The number of carbonyl (C=O) groups excluding carboxylic acids is 1. The van der Waals surface area contributed by atoms with Gasteiger partial charge in [-0.3, -0.25) is 4.79 Å². The van der Waals surface area contributed by atoms with Gasteiger partial charge in [-0.2, -0.15) is 0 Å². The molecule has 0 aliphatic carbocycles. The molecule has 0 saturated carbocycles. The standard InChI is InChI=1S/C9H18O4/c1-4-9(13-8(2)10)12-7-5-6-11-3/h9H,4-7H2,1-3H3. The highest BCUT2D eigenvalue weighted by atomic mass is 16.7. The monoisotopic (exact) mass is 190 g/mol. The second-order valence-electron chi connectivity index (χ2n) is 2.66. The second-order valence-corrected chi connectivity index (χ2v) is 2.66. The Hall–Kier alpha value is -0.610. The molecule has 0 fully saturated rings. The largest absolute Gasteiger partial charge is 0.436 e. The first-order chi connectivity index (χ1) is 6.20. The molecule has 4 heteroatoms. The van der Waals surface area contributed by atoms with Crippen molar-refractivity contribution in [1.82, 2.24) is 0 Å². The third-order valence-electron chi connectivity index (χ3n) is 1.43. The van der Waals surface area contributed by atoms with Crippen LogP contribution in [0.3, 0.4) is 0 Å². The highest BCUT2D eigenvalue weighted by molar-refractivity contribution is 5.66. The van der Waals surface area contributed by atoms with E-state index in [-0.39, 0.29) is 5.97 Å². The van der Waals surface area contributed by atoms with Crippen LogP contribution >= 0.6 is 0 Å². The van der Waals surface area contributed by atoms with Crippen molar-refractivity contribution in [2.75, 3.05) is 20.3 Å². The lowest BCUT2D eigenvalue weighted by molar-refractivity contribution is -0.177. The first-order valence-corrected chi connectivity index (χ1v) is 4.48. The van der Waals surface area contributed by atoms with E-state index in [9.17, 15) is 4.79 Å². The minimum absolute atomic E-state index is 0.307. The van der Waals surface area contributed by atoms with Crippen LogP contribution in [0.5, 0.6) is 0 Å². The fraction of sp³-hybridized carbons (Fsp3) is 0.889.